The third kappa shape index (κ3) is 2.40. The van der Waals surface area contributed by atoms with Gasteiger partial charge in [-0.15, -0.1) is 0 Å². The molecule has 2 nitrogen and oxygen atoms in total. The largest absolute Gasteiger partial charge is 0.289 e. The van der Waals surface area contributed by atoms with Gasteiger partial charge in [0.05, 0.1) is 5.02 Å². The van der Waals surface area contributed by atoms with Crippen LogP contribution in [0.5, 0.6) is 0 Å². The van der Waals surface area contributed by atoms with E-state index in [1.165, 1.54) is 0 Å². The summed E-state index contributed by atoms with van der Waals surface area (Å²) in [4.78, 5) is 27.2. The van der Waals surface area contributed by atoms with Gasteiger partial charge in [-0.05, 0) is 86.2 Å². The highest BCUT2D eigenvalue weighted by atomic mass is 79.9. The van der Waals surface area contributed by atoms with Crippen molar-refractivity contribution in [3.05, 3.63) is 101 Å². The predicted octanol–water partition coefficient (Wildman–Crippen LogP) is 8.97. The van der Waals surface area contributed by atoms with Crippen LogP contribution >= 0.6 is 43.5 Å². The second-order valence-corrected chi connectivity index (χ2v) is 11.4. The molecule has 0 aromatic heterocycles. The second kappa shape index (κ2) is 6.58. The van der Waals surface area contributed by atoms with E-state index in [1.54, 1.807) is 0 Å². The van der Waals surface area contributed by atoms with Crippen LogP contribution in [-0.4, -0.2) is 0 Å². The maximum atomic E-state index is 13.6. The molecule has 0 N–H and O–H groups in total. The zero-order valence-electron chi connectivity index (χ0n) is 17.8. The summed E-state index contributed by atoms with van der Waals surface area (Å²) in [5.41, 5.74) is -0.0129. The monoisotopic (exact) mass is 596 g/mol. The number of benzene rings is 8. The Morgan fingerprint density at radius 3 is 1.74 bits per heavy atom. The maximum Gasteiger partial charge on any atom is 0.194 e. The Bertz CT molecular complexity index is 2340. The van der Waals surface area contributed by atoms with E-state index in [0.717, 1.165) is 62.8 Å². The number of rotatable bonds is 0. The molecule has 0 heterocycles. The van der Waals surface area contributed by atoms with Gasteiger partial charge in [0, 0.05) is 46.6 Å². The van der Waals surface area contributed by atoms with E-state index in [0.29, 0.717) is 26.6 Å². The van der Waals surface area contributed by atoms with Crippen molar-refractivity contribution in [2.24, 2.45) is 0 Å². The summed E-state index contributed by atoms with van der Waals surface area (Å²) in [6, 6.07) is 21.8. The van der Waals surface area contributed by atoms with Crippen LogP contribution in [0.25, 0.3) is 75.4 Å². The van der Waals surface area contributed by atoms with Gasteiger partial charge >= 0.3 is 0 Å². The SMILES string of the molecule is O=c1c2cc(Br)ccc2c2cc3ccc4c(=O)c5cc(Br)cc(Cl)c5c5cc6ccc1c2c6c3c45. The molecule has 0 unspecified atom stereocenters. The van der Waals surface area contributed by atoms with Crippen molar-refractivity contribution < 1.29 is 0 Å². The lowest BCUT2D eigenvalue weighted by atomic mass is 9.84. The summed E-state index contributed by atoms with van der Waals surface area (Å²) in [5, 5.41) is 12.9. The molecule has 0 spiro atoms. The molecule has 8 rings (SSSR count). The first-order valence-corrected chi connectivity index (χ1v) is 13.1. The maximum absolute atomic E-state index is 13.6. The molecular weight excluding hydrogens is 588 g/mol. The lowest BCUT2D eigenvalue weighted by molar-refractivity contribution is 1.69. The minimum Gasteiger partial charge on any atom is -0.289 e. The van der Waals surface area contributed by atoms with Gasteiger partial charge in [0.2, 0.25) is 0 Å². The Kier molecular flexibility index (Phi) is 3.79. The highest BCUT2D eigenvalue weighted by Gasteiger charge is 2.22. The fraction of sp³-hybridized carbons (Fsp3) is 0. The highest BCUT2D eigenvalue weighted by Crippen LogP contribution is 2.46. The van der Waals surface area contributed by atoms with Crippen LogP contribution in [0.2, 0.25) is 5.02 Å². The van der Waals surface area contributed by atoms with Crippen molar-refractivity contribution in [1.29, 1.82) is 0 Å². The molecule has 164 valence electrons. The van der Waals surface area contributed by atoms with Crippen molar-refractivity contribution in [1.82, 2.24) is 0 Å². The molecular formula is C30H11Br2ClO2. The minimum absolute atomic E-state index is 0.0218. The predicted molar refractivity (Wildman–Crippen MR) is 155 cm³/mol. The van der Waals surface area contributed by atoms with Gasteiger partial charge < -0.3 is 0 Å². The Hall–Kier alpha value is -3.05. The van der Waals surface area contributed by atoms with Gasteiger partial charge in [0.15, 0.2) is 10.9 Å². The van der Waals surface area contributed by atoms with E-state index < -0.39 is 0 Å². The summed E-state index contributed by atoms with van der Waals surface area (Å²) in [6.07, 6.45) is 0. The Labute approximate surface area is 219 Å². The molecule has 0 fully saturated rings. The molecule has 0 aliphatic rings. The zero-order valence-corrected chi connectivity index (χ0v) is 21.7. The van der Waals surface area contributed by atoms with Gasteiger partial charge in [0.25, 0.3) is 0 Å². The van der Waals surface area contributed by atoms with E-state index >= 15 is 0 Å². The molecule has 8 aromatic carbocycles. The number of fused-ring (bicyclic) bond motifs is 4. The van der Waals surface area contributed by atoms with E-state index in [9.17, 15) is 9.59 Å². The van der Waals surface area contributed by atoms with Crippen LogP contribution < -0.4 is 10.9 Å². The first kappa shape index (κ1) is 20.2. The van der Waals surface area contributed by atoms with Crippen molar-refractivity contribution in [2.45, 2.75) is 0 Å². The number of hydrogen-bond acceptors (Lipinski definition) is 2. The Morgan fingerprint density at radius 1 is 0.457 bits per heavy atom. The van der Waals surface area contributed by atoms with E-state index in [4.69, 9.17) is 11.6 Å². The first-order chi connectivity index (χ1) is 16.9. The zero-order chi connectivity index (χ0) is 23.7. The van der Waals surface area contributed by atoms with Crippen molar-refractivity contribution in [2.75, 3.05) is 0 Å². The van der Waals surface area contributed by atoms with Crippen molar-refractivity contribution in [3.63, 3.8) is 0 Å². The third-order valence-electron chi connectivity index (χ3n) is 7.44. The van der Waals surface area contributed by atoms with Crippen LogP contribution in [0, 0.1) is 0 Å². The molecule has 0 saturated carbocycles. The fourth-order valence-electron chi connectivity index (χ4n) is 6.08. The fourth-order valence-corrected chi connectivity index (χ4v) is 7.35. The van der Waals surface area contributed by atoms with Crippen molar-refractivity contribution in [3.8, 4) is 0 Å². The molecule has 0 amide bonds. The summed E-state index contributed by atoms with van der Waals surface area (Å²) in [5.74, 6) is 0. The summed E-state index contributed by atoms with van der Waals surface area (Å²) in [7, 11) is 0. The van der Waals surface area contributed by atoms with Gasteiger partial charge in [-0.25, -0.2) is 0 Å². The van der Waals surface area contributed by atoms with Crippen LogP contribution in [0.3, 0.4) is 0 Å². The topological polar surface area (TPSA) is 34.1 Å². The van der Waals surface area contributed by atoms with Gasteiger partial charge in [-0.3, -0.25) is 9.59 Å². The molecule has 0 radical (unpaired) electrons. The van der Waals surface area contributed by atoms with E-state index in [2.05, 4.69) is 44.0 Å². The van der Waals surface area contributed by atoms with E-state index in [1.807, 2.05) is 54.6 Å². The average molecular weight is 599 g/mol. The third-order valence-corrected chi connectivity index (χ3v) is 8.69. The number of hydrogen-bond donors (Lipinski definition) is 0. The molecule has 0 atom stereocenters. The van der Waals surface area contributed by atoms with Crippen LogP contribution in [0.1, 0.15) is 0 Å². The summed E-state index contributed by atoms with van der Waals surface area (Å²) < 4.78 is 1.66. The van der Waals surface area contributed by atoms with Crippen molar-refractivity contribution >= 4 is 119 Å². The molecule has 5 heteroatoms. The Balaban J connectivity index is 1.76. The quantitative estimate of drug-likeness (QED) is 0.129. The lowest BCUT2D eigenvalue weighted by Gasteiger charge is -2.19. The summed E-state index contributed by atoms with van der Waals surface area (Å²) >= 11 is 13.7. The van der Waals surface area contributed by atoms with Crippen LogP contribution in [-0.2, 0) is 0 Å². The molecule has 0 saturated heterocycles. The first-order valence-electron chi connectivity index (χ1n) is 11.1. The summed E-state index contributed by atoms with van der Waals surface area (Å²) in [6.45, 7) is 0. The number of halogens is 3. The van der Waals surface area contributed by atoms with E-state index in [-0.39, 0.29) is 10.9 Å². The Morgan fingerprint density at radius 2 is 1.03 bits per heavy atom. The minimum atomic E-state index is -0.0348. The standard InChI is InChI=1S/C30H11Br2ClO2/c31-14-3-6-16-19-7-12-1-5-18-28-21(26-22(30(18)35)10-15(32)11-23(26)33)8-13-2-4-17(29(34)20(16)9-14)27(19)24(13)25(12)28/h1-11H. The second-order valence-electron chi connectivity index (χ2n) is 9.18. The molecule has 0 aliphatic heterocycles. The van der Waals surface area contributed by atoms with Gasteiger partial charge in [-0.2, -0.15) is 0 Å². The average Bonchev–Trinajstić information content (AvgIpc) is 2.84. The lowest BCUT2D eigenvalue weighted by Crippen LogP contribution is -2.06. The normalized spacial score (nSPS) is 12.7. The smallest absolute Gasteiger partial charge is 0.194 e. The molecule has 8 aromatic rings. The molecule has 0 bridgehead atoms. The van der Waals surface area contributed by atoms with Gasteiger partial charge in [-0.1, -0.05) is 61.7 Å². The molecule has 35 heavy (non-hydrogen) atoms. The molecule has 0 aliphatic carbocycles. The highest BCUT2D eigenvalue weighted by molar-refractivity contribution is 9.10. The van der Waals surface area contributed by atoms with Crippen LogP contribution in [0.4, 0.5) is 0 Å². The van der Waals surface area contributed by atoms with Gasteiger partial charge in [0.1, 0.15) is 0 Å². The van der Waals surface area contributed by atoms with Crippen LogP contribution in [0.15, 0.2) is 85.3 Å².